The molecule has 0 fully saturated rings. The Hall–Kier alpha value is -0.730. The van der Waals surface area contributed by atoms with Crippen LogP contribution < -0.4 is 0 Å². The van der Waals surface area contributed by atoms with Gasteiger partial charge in [0.25, 0.3) is 0 Å². The summed E-state index contributed by atoms with van der Waals surface area (Å²) in [6, 6.07) is 12.9. The van der Waals surface area contributed by atoms with Crippen LogP contribution in [0.25, 0.3) is 0 Å². The molecule has 0 aliphatic heterocycles. The van der Waals surface area contributed by atoms with Crippen LogP contribution in [0.4, 0.5) is 0 Å². The highest BCUT2D eigenvalue weighted by Gasteiger charge is 2.13. The van der Waals surface area contributed by atoms with Gasteiger partial charge < -0.3 is 5.11 Å². The van der Waals surface area contributed by atoms with E-state index in [0.717, 1.165) is 11.1 Å². The molecule has 1 N–H and O–H groups in total. The highest BCUT2D eigenvalue weighted by atomic mass is 35.5. The largest absolute Gasteiger partial charge is 0.396 e. The predicted molar refractivity (Wildman–Crippen MR) is 81.4 cm³/mol. The summed E-state index contributed by atoms with van der Waals surface area (Å²) >= 11 is 17.9. The Morgan fingerprint density at radius 1 is 0.895 bits per heavy atom. The third-order valence-corrected chi connectivity index (χ3v) is 3.88. The average molecular weight is 316 g/mol. The second-order valence-electron chi connectivity index (χ2n) is 4.37. The summed E-state index contributed by atoms with van der Waals surface area (Å²) in [6.45, 7) is 0.0561. The monoisotopic (exact) mass is 314 g/mol. The van der Waals surface area contributed by atoms with E-state index >= 15 is 0 Å². The van der Waals surface area contributed by atoms with Gasteiger partial charge in [0.1, 0.15) is 0 Å². The average Bonchev–Trinajstić information content (AvgIpc) is 2.39. The molecular formula is C15H13Cl3O. The number of halogens is 3. The SMILES string of the molecule is OC[C@H](Cc1ccc(Cl)cc1Cl)c1ccc(Cl)cc1. The molecule has 0 aliphatic rings. The van der Waals surface area contributed by atoms with Crippen molar-refractivity contribution >= 4 is 34.8 Å². The molecule has 0 spiro atoms. The second-order valence-corrected chi connectivity index (χ2v) is 5.65. The van der Waals surface area contributed by atoms with E-state index in [4.69, 9.17) is 34.8 Å². The minimum Gasteiger partial charge on any atom is -0.396 e. The minimum absolute atomic E-state index is 0.00376. The second kappa shape index (κ2) is 6.62. The highest BCUT2D eigenvalue weighted by molar-refractivity contribution is 6.35. The lowest BCUT2D eigenvalue weighted by atomic mass is 9.93. The van der Waals surface area contributed by atoms with Crippen molar-refractivity contribution in [2.45, 2.75) is 12.3 Å². The molecule has 100 valence electrons. The summed E-state index contributed by atoms with van der Waals surface area (Å²) in [5.41, 5.74) is 2.01. The molecule has 2 aromatic carbocycles. The van der Waals surface area contributed by atoms with Gasteiger partial charge in [-0.15, -0.1) is 0 Å². The van der Waals surface area contributed by atoms with E-state index in [9.17, 15) is 5.11 Å². The van der Waals surface area contributed by atoms with E-state index in [2.05, 4.69) is 0 Å². The highest BCUT2D eigenvalue weighted by Crippen LogP contribution is 2.27. The molecule has 2 aromatic rings. The Bertz CT molecular complexity index is 552. The maximum atomic E-state index is 9.55. The third-order valence-electron chi connectivity index (χ3n) is 3.04. The third kappa shape index (κ3) is 3.87. The zero-order chi connectivity index (χ0) is 13.8. The molecule has 2 rings (SSSR count). The molecule has 1 atom stereocenters. The molecule has 4 heteroatoms. The topological polar surface area (TPSA) is 20.2 Å². The summed E-state index contributed by atoms with van der Waals surface area (Å²) in [5, 5.41) is 11.5. The van der Waals surface area contributed by atoms with Crippen LogP contribution in [0, 0.1) is 0 Å². The smallest absolute Gasteiger partial charge is 0.0502 e. The molecule has 19 heavy (non-hydrogen) atoms. The molecular weight excluding hydrogens is 303 g/mol. The molecule has 0 unspecified atom stereocenters. The van der Waals surface area contributed by atoms with Gasteiger partial charge in [0, 0.05) is 21.0 Å². The maximum Gasteiger partial charge on any atom is 0.0502 e. The van der Waals surface area contributed by atoms with E-state index in [1.54, 1.807) is 12.1 Å². The zero-order valence-electron chi connectivity index (χ0n) is 10.1. The molecule has 0 amide bonds. The van der Waals surface area contributed by atoms with E-state index < -0.39 is 0 Å². The number of benzene rings is 2. The number of aliphatic hydroxyl groups excluding tert-OH is 1. The molecule has 0 bridgehead atoms. The molecule has 0 aliphatic carbocycles. The van der Waals surface area contributed by atoms with Crippen LogP contribution in [0.3, 0.4) is 0 Å². The van der Waals surface area contributed by atoms with Crippen molar-refractivity contribution in [3.05, 3.63) is 68.7 Å². The van der Waals surface area contributed by atoms with Gasteiger partial charge in [-0.05, 0) is 41.8 Å². The molecule has 0 aromatic heterocycles. The van der Waals surface area contributed by atoms with Crippen LogP contribution in [0.2, 0.25) is 15.1 Å². The van der Waals surface area contributed by atoms with E-state index in [1.807, 2.05) is 30.3 Å². The predicted octanol–water partition coefficient (Wildman–Crippen LogP) is 4.97. The summed E-state index contributed by atoms with van der Waals surface area (Å²) in [7, 11) is 0. The van der Waals surface area contributed by atoms with Crippen LogP contribution in [-0.4, -0.2) is 11.7 Å². The number of hydrogen-bond acceptors (Lipinski definition) is 1. The lowest BCUT2D eigenvalue weighted by Crippen LogP contribution is -2.08. The lowest BCUT2D eigenvalue weighted by molar-refractivity contribution is 0.264. The Morgan fingerprint density at radius 2 is 1.53 bits per heavy atom. The Morgan fingerprint density at radius 3 is 2.11 bits per heavy atom. The molecule has 0 saturated heterocycles. The Labute approximate surface area is 127 Å². The first-order valence-electron chi connectivity index (χ1n) is 5.90. The first-order chi connectivity index (χ1) is 9.10. The quantitative estimate of drug-likeness (QED) is 0.845. The summed E-state index contributed by atoms with van der Waals surface area (Å²) in [6.07, 6.45) is 0.661. The van der Waals surface area contributed by atoms with E-state index in [-0.39, 0.29) is 12.5 Å². The van der Waals surface area contributed by atoms with Crippen molar-refractivity contribution in [3.63, 3.8) is 0 Å². The normalized spacial score (nSPS) is 12.4. The van der Waals surface area contributed by atoms with Crippen molar-refractivity contribution in [2.24, 2.45) is 0 Å². The van der Waals surface area contributed by atoms with Gasteiger partial charge in [-0.25, -0.2) is 0 Å². The van der Waals surface area contributed by atoms with Gasteiger partial charge in [-0.2, -0.15) is 0 Å². The van der Waals surface area contributed by atoms with Gasteiger partial charge in [0.2, 0.25) is 0 Å². The first kappa shape index (κ1) is 14.7. The molecule has 1 nitrogen and oxygen atoms in total. The van der Waals surface area contributed by atoms with Gasteiger partial charge >= 0.3 is 0 Å². The van der Waals surface area contributed by atoms with Gasteiger partial charge in [-0.1, -0.05) is 53.0 Å². The minimum atomic E-state index is -0.00376. The number of aliphatic hydroxyl groups is 1. The fraction of sp³-hybridized carbons (Fsp3) is 0.200. The first-order valence-corrected chi connectivity index (χ1v) is 7.04. The van der Waals surface area contributed by atoms with Crippen LogP contribution in [0.1, 0.15) is 17.0 Å². The molecule has 0 radical (unpaired) electrons. The van der Waals surface area contributed by atoms with Crippen molar-refractivity contribution in [2.75, 3.05) is 6.61 Å². The van der Waals surface area contributed by atoms with Crippen LogP contribution in [0.15, 0.2) is 42.5 Å². The van der Waals surface area contributed by atoms with Gasteiger partial charge in [-0.3, -0.25) is 0 Å². The van der Waals surface area contributed by atoms with E-state index in [0.29, 0.717) is 21.5 Å². The van der Waals surface area contributed by atoms with Crippen LogP contribution in [0.5, 0.6) is 0 Å². The fourth-order valence-corrected chi connectivity index (χ4v) is 2.59. The van der Waals surface area contributed by atoms with Crippen molar-refractivity contribution in [1.82, 2.24) is 0 Å². The van der Waals surface area contributed by atoms with E-state index in [1.165, 1.54) is 0 Å². The summed E-state index contributed by atoms with van der Waals surface area (Å²) in [5.74, 6) is -0.00376. The standard InChI is InChI=1S/C15H13Cl3O/c16-13-4-1-10(2-5-13)12(9-19)7-11-3-6-14(17)8-15(11)18/h1-6,8,12,19H,7,9H2/t12-/m0/s1. The van der Waals surface area contributed by atoms with Gasteiger partial charge in [0.15, 0.2) is 0 Å². The Kier molecular flexibility index (Phi) is 5.12. The van der Waals surface area contributed by atoms with Crippen molar-refractivity contribution in [3.8, 4) is 0 Å². The molecule has 0 saturated carbocycles. The van der Waals surface area contributed by atoms with Gasteiger partial charge in [0.05, 0.1) is 6.61 Å². The number of hydrogen-bond donors (Lipinski definition) is 1. The summed E-state index contributed by atoms with van der Waals surface area (Å²) < 4.78 is 0. The zero-order valence-corrected chi connectivity index (χ0v) is 12.4. The maximum absolute atomic E-state index is 9.55. The van der Waals surface area contributed by atoms with Crippen molar-refractivity contribution < 1.29 is 5.11 Å². The fourth-order valence-electron chi connectivity index (χ4n) is 1.98. The lowest BCUT2D eigenvalue weighted by Gasteiger charge is -2.16. The summed E-state index contributed by atoms with van der Waals surface area (Å²) in [4.78, 5) is 0. The molecule has 0 heterocycles. The van der Waals surface area contributed by atoms with Crippen LogP contribution in [-0.2, 0) is 6.42 Å². The van der Waals surface area contributed by atoms with Crippen LogP contribution >= 0.6 is 34.8 Å². The van der Waals surface area contributed by atoms with Crippen molar-refractivity contribution in [1.29, 1.82) is 0 Å². The Balaban J connectivity index is 2.21. The number of rotatable bonds is 4.